The fraction of sp³-hybridized carbons (Fsp3) is 0.684. The van der Waals surface area contributed by atoms with Crippen molar-refractivity contribution in [2.45, 2.75) is 57.8 Å². The molecule has 0 saturated carbocycles. The lowest BCUT2D eigenvalue weighted by molar-refractivity contribution is 0.287. The van der Waals surface area contributed by atoms with Gasteiger partial charge in [-0.25, -0.2) is 0 Å². The van der Waals surface area contributed by atoms with E-state index in [0.29, 0.717) is 0 Å². The maximum atomic E-state index is 6.06. The molecule has 0 spiro atoms. The van der Waals surface area contributed by atoms with E-state index in [1.807, 2.05) is 0 Å². The molecule has 1 aromatic rings. The van der Waals surface area contributed by atoms with Crippen LogP contribution in [0.15, 0.2) is 18.2 Å². The molecular formula is C19H29NO. The number of ether oxygens (including phenoxy) is 1. The van der Waals surface area contributed by atoms with E-state index in [4.69, 9.17) is 4.74 Å². The molecule has 0 radical (unpaired) electrons. The summed E-state index contributed by atoms with van der Waals surface area (Å²) in [6, 6.07) is 6.60. The molecule has 1 aliphatic carbocycles. The number of likely N-dealkylation sites (tertiary alicyclic amines) is 1. The van der Waals surface area contributed by atoms with Gasteiger partial charge in [0.05, 0.1) is 6.61 Å². The Bertz CT molecular complexity index is 437. The van der Waals surface area contributed by atoms with Crippen LogP contribution in [0, 0.1) is 0 Å². The molecule has 1 aromatic carbocycles. The van der Waals surface area contributed by atoms with E-state index in [1.165, 1.54) is 88.5 Å². The van der Waals surface area contributed by atoms with Crippen LogP contribution in [-0.4, -0.2) is 31.1 Å². The van der Waals surface area contributed by atoms with E-state index in [2.05, 4.69) is 23.1 Å². The maximum absolute atomic E-state index is 6.06. The van der Waals surface area contributed by atoms with Gasteiger partial charge in [-0.3, -0.25) is 0 Å². The van der Waals surface area contributed by atoms with Gasteiger partial charge in [0.1, 0.15) is 5.75 Å². The smallest absolute Gasteiger partial charge is 0.122 e. The first-order valence-electron chi connectivity index (χ1n) is 8.89. The average molecular weight is 287 g/mol. The standard InChI is InChI=1S/C19H29NO/c1(4-13-20-14-5-6-15-20)7-16-21-19-12-8-10-17-9-2-3-11-18(17)19/h8,10,12H,1-7,9,11,13-16H2. The fourth-order valence-electron chi connectivity index (χ4n) is 3.68. The summed E-state index contributed by atoms with van der Waals surface area (Å²) < 4.78 is 6.06. The van der Waals surface area contributed by atoms with Gasteiger partial charge in [0.2, 0.25) is 0 Å². The summed E-state index contributed by atoms with van der Waals surface area (Å²) in [7, 11) is 0. The van der Waals surface area contributed by atoms with Gasteiger partial charge in [0.25, 0.3) is 0 Å². The molecular weight excluding hydrogens is 258 g/mol. The number of unbranched alkanes of at least 4 members (excludes halogenated alkanes) is 2. The Kier molecular flexibility index (Phi) is 5.56. The van der Waals surface area contributed by atoms with Crippen LogP contribution >= 0.6 is 0 Å². The van der Waals surface area contributed by atoms with Crippen LogP contribution in [-0.2, 0) is 12.8 Å². The topological polar surface area (TPSA) is 12.5 Å². The number of hydrogen-bond acceptors (Lipinski definition) is 2. The molecule has 0 atom stereocenters. The molecule has 21 heavy (non-hydrogen) atoms. The number of hydrogen-bond donors (Lipinski definition) is 0. The van der Waals surface area contributed by atoms with Crippen molar-refractivity contribution in [2.75, 3.05) is 26.2 Å². The van der Waals surface area contributed by atoms with Crippen LogP contribution in [0.5, 0.6) is 5.75 Å². The van der Waals surface area contributed by atoms with Crippen LogP contribution < -0.4 is 4.74 Å². The van der Waals surface area contributed by atoms with E-state index in [9.17, 15) is 0 Å². The van der Waals surface area contributed by atoms with Gasteiger partial charge >= 0.3 is 0 Å². The summed E-state index contributed by atoms with van der Waals surface area (Å²) in [6.45, 7) is 4.83. The molecule has 1 heterocycles. The molecule has 0 unspecified atom stereocenters. The van der Waals surface area contributed by atoms with Crippen molar-refractivity contribution in [3.63, 3.8) is 0 Å². The van der Waals surface area contributed by atoms with Gasteiger partial charge in [-0.05, 0) is 94.6 Å². The van der Waals surface area contributed by atoms with E-state index in [0.717, 1.165) is 12.4 Å². The molecule has 1 fully saturated rings. The average Bonchev–Trinajstić information content (AvgIpc) is 3.04. The van der Waals surface area contributed by atoms with Gasteiger partial charge < -0.3 is 9.64 Å². The quantitative estimate of drug-likeness (QED) is 0.697. The summed E-state index contributed by atoms with van der Waals surface area (Å²) in [5.74, 6) is 1.16. The minimum Gasteiger partial charge on any atom is -0.493 e. The summed E-state index contributed by atoms with van der Waals surface area (Å²) in [5, 5.41) is 0. The van der Waals surface area contributed by atoms with E-state index in [1.54, 1.807) is 0 Å². The van der Waals surface area contributed by atoms with E-state index < -0.39 is 0 Å². The molecule has 116 valence electrons. The fourth-order valence-corrected chi connectivity index (χ4v) is 3.68. The van der Waals surface area contributed by atoms with Gasteiger partial charge in [0, 0.05) is 0 Å². The first-order chi connectivity index (χ1) is 10.4. The maximum Gasteiger partial charge on any atom is 0.122 e. The zero-order valence-corrected chi connectivity index (χ0v) is 13.3. The molecule has 3 rings (SSSR count). The molecule has 2 heteroatoms. The zero-order chi connectivity index (χ0) is 14.3. The lowest BCUT2D eigenvalue weighted by atomic mass is 9.91. The molecule has 0 aromatic heterocycles. The second kappa shape index (κ2) is 7.84. The molecule has 0 bridgehead atoms. The Morgan fingerprint density at radius 1 is 0.905 bits per heavy atom. The molecule has 1 aliphatic heterocycles. The first-order valence-corrected chi connectivity index (χ1v) is 8.89. The Balaban J connectivity index is 1.35. The first kappa shape index (κ1) is 14.9. The molecule has 0 N–H and O–H groups in total. The van der Waals surface area contributed by atoms with E-state index in [-0.39, 0.29) is 0 Å². The van der Waals surface area contributed by atoms with Crippen LogP contribution in [0.2, 0.25) is 0 Å². The van der Waals surface area contributed by atoms with Gasteiger partial charge in [-0.1, -0.05) is 12.1 Å². The van der Waals surface area contributed by atoms with Crippen LogP contribution in [0.25, 0.3) is 0 Å². The summed E-state index contributed by atoms with van der Waals surface area (Å²) >= 11 is 0. The third-order valence-electron chi connectivity index (χ3n) is 4.93. The van der Waals surface area contributed by atoms with Crippen LogP contribution in [0.3, 0.4) is 0 Å². The number of aryl methyl sites for hydroxylation is 1. The monoisotopic (exact) mass is 287 g/mol. The number of fused-ring (bicyclic) bond motifs is 1. The Labute approximate surface area is 129 Å². The molecule has 2 aliphatic rings. The number of rotatable bonds is 7. The summed E-state index contributed by atoms with van der Waals surface area (Å²) in [5.41, 5.74) is 3.01. The van der Waals surface area contributed by atoms with Crippen molar-refractivity contribution in [1.82, 2.24) is 4.90 Å². The van der Waals surface area contributed by atoms with Gasteiger partial charge in [-0.15, -0.1) is 0 Å². The Morgan fingerprint density at radius 2 is 1.76 bits per heavy atom. The van der Waals surface area contributed by atoms with Gasteiger partial charge in [0.15, 0.2) is 0 Å². The third kappa shape index (κ3) is 4.23. The van der Waals surface area contributed by atoms with E-state index >= 15 is 0 Å². The third-order valence-corrected chi connectivity index (χ3v) is 4.93. The lowest BCUT2D eigenvalue weighted by Gasteiger charge is -2.19. The minimum absolute atomic E-state index is 0.885. The number of benzene rings is 1. The van der Waals surface area contributed by atoms with Crippen molar-refractivity contribution in [3.05, 3.63) is 29.3 Å². The molecule has 2 nitrogen and oxygen atoms in total. The Hall–Kier alpha value is -1.02. The van der Waals surface area contributed by atoms with Crippen LogP contribution in [0.1, 0.15) is 56.1 Å². The highest BCUT2D eigenvalue weighted by atomic mass is 16.5. The van der Waals surface area contributed by atoms with Gasteiger partial charge in [-0.2, -0.15) is 0 Å². The van der Waals surface area contributed by atoms with Crippen molar-refractivity contribution in [3.8, 4) is 5.75 Å². The second-order valence-electron chi connectivity index (χ2n) is 6.56. The zero-order valence-electron chi connectivity index (χ0n) is 13.3. The van der Waals surface area contributed by atoms with Crippen molar-refractivity contribution in [2.24, 2.45) is 0 Å². The SMILES string of the molecule is c1cc2c(c(OCCCCCN3CCCC3)c1)CCCC2. The normalized spacial score (nSPS) is 18.7. The number of nitrogens with zero attached hydrogens (tertiary/aromatic N) is 1. The predicted octanol–water partition coefficient (Wildman–Crippen LogP) is 4.21. The van der Waals surface area contributed by atoms with Crippen molar-refractivity contribution >= 4 is 0 Å². The lowest BCUT2D eigenvalue weighted by Crippen LogP contribution is -2.20. The molecule has 0 amide bonds. The van der Waals surface area contributed by atoms with Crippen molar-refractivity contribution < 1.29 is 4.74 Å². The summed E-state index contributed by atoms with van der Waals surface area (Å²) in [6.07, 6.45) is 11.7. The van der Waals surface area contributed by atoms with Crippen molar-refractivity contribution in [1.29, 1.82) is 0 Å². The highest BCUT2D eigenvalue weighted by Crippen LogP contribution is 2.29. The predicted molar refractivity (Wildman–Crippen MR) is 88.1 cm³/mol. The minimum atomic E-state index is 0.885. The second-order valence-corrected chi connectivity index (χ2v) is 6.56. The highest BCUT2D eigenvalue weighted by molar-refractivity contribution is 5.41. The van der Waals surface area contributed by atoms with Crippen LogP contribution in [0.4, 0.5) is 0 Å². The highest BCUT2D eigenvalue weighted by Gasteiger charge is 2.13. The summed E-state index contributed by atoms with van der Waals surface area (Å²) in [4.78, 5) is 2.61. The molecule has 1 saturated heterocycles. The Morgan fingerprint density at radius 3 is 2.67 bits per heavy atom. The largest absolute Gasteiger partial charge is 0.493 e.